The summed E-state index contributed by atoms with van der Waals surface area (Å²) < 4.78 is 46.0. The van der Waals surface area contributed by atoms with E-state index >= 15 is 0 Å². The normalized spacial score (nSPS) is 16.9. The van der Waals surface area contributed by atoms with Crippen molar-refractivity contribution in [1.82, 2.24) is 5.48 Å². The summed E-state index contributed by atoms with van der Waals surface area (Å²) in [6.45, 7) is 2.10. The van der Waals surface area contributed by atoms with Gasteiger partial charge in [-0.15, -0.1) is 0 Å². The Bertz CT molecular complexity index is 1260. The average Bonchev–Trinajstić information content (AvgIpc) is 3.28. The quantitative estimate of drug-likeness (QED) is 0.412. The van der Waals surface area contributed by atoms with Gasteiger partial charge in [-0.25, -0.2) is 13.8 Å². The number of nitrogens with one attached hydrogen (secondary N) is 1. The van der Waals surface area contributed by atoms with Crippen LogP contribution in [0, 0.1) is 18.6 Å². The maximum atomic E-state index is 15.0. The fourth-order valence-electron chi connectivity index (χ4n) is 4.00. The van der Waals surface area contributed by atoms with Crippen LogP contribution in [0.1, 0.15) is 16.7 Å². The summed E-state index contributed by atoms with van der Waals surface area (Å²) in [6.07, 6.45) is 0. The lowest BCUT2D eigenvalue weighted by Crippen LogP contribution is -2.27. The molecule has 1 aliphatic heterocycles. The fourth-order valence-corrected chi connectivity index (χ4v) is 4.00. The summed E-state index contributed by atoms with van der Waals surface area (Å²) >= 11 is 0. The molecule has 1 unspecified atom stereocenters. The topological polar surface area (TPSA) is 78.4 Å². The monoisotopic (exact) mass is 468 g/mol. The molecule has 0 fully saturated rings. The first-order chi connectivity index (χ1) is 16.4. The summed E-state index contributed by atoms with van der Waals surface area (Å²) in [4.78, 5) is 19.8. The number of carbonyl (C=O) groups is 1. The highest BCUT2D eigenvalue weighted by atomic mass is 19.1. The molecular formula is C25H22F2N2O5. The minimum atomic E-state index is -1.14. The minimum absolute atomic E-state index is 0.00233. The standard InChI is InChI=1S/C25H22F2N2O5/c1-15-11-16(8-10-21(15)31-2)25(13-33-24(28-25)29-34-14-30)17-7-9-20(26)19(12-17)18-5-4-6-22(32-3)23(18)27/h4-12,14H,13H2,1-3H3,(H,28,29). The van der Waals surface area contributed by atoms with E-state index in [0.29, 0.717) is 11.3 Å². The van der Waals surface area contributed by atoms with E-state index in [-0.39, 0.29) is 36.0 Å². The highest BCUT2D eigenvalue weighted by molar-refractivity contribution is 5.77. The van der Waals surface area contributed by atoms with Crippen molar-refractivity contribution < 1.29 is 32.6 Å². The molecule has 1 atom stereocenters. The third-order valence-corrected chi connectivity index (χ3v) is 5.69. The number of aryl methyl sites for hydroxylation is 1. The molecule has 0 aromatic heterocycles. The summed E-state index contributed by atoms with van der Waals surface area (Å²) in [5.74, 6) is -0.601. The van der Waals surface area contributed by atoms with Crippen LogP contribution in [0.2, 0.25) is 0 Å². The second kappa shape index (κ2) is 9.38. The zero-order valence-electron chi connectivity index (χ0n) is 18.7. The molecule has 0 saturated carbocycles. The Morgan fingerprint density at radius 1 is 1.00 bits per heavy atom. The molecule has 9 heteroatoms. The molecule has 0 saturated heterocycles. The first-order valence-electron chi connectivity index (χ1n) is 10.3. The number of hydroxylamine groups is 1. The SMILES string of the molecule is COc1ccc(C2(c3ccc(F)c(-c4cccc(OC)c4F)c3)COC(NOC=O)=N2)cc1C. The molecule has 1 aliphatic rings. The molecule has 0 amide bonds. The van der Waals surface area contributed by atoms with Gasteiger partial charge in [0.05, 0.1) is 14.2 Å². The van der Waals surface area contributed by atoms with Crippen molar-refractivity contribution in [2.45, 2.75) is 12.5 Å². The van der Waals surface area contributed by atoms with Gasteiger partial charge in [-0.3, -0.25) is 4.79 Å². The van der Waals surface area contributed by atoms with Gasteiger partial charge >= 0.3 is 12.5 Å². The molecule has 0 spiro atoms. The van der Waals surface area contributed by atoms with Crippen molar-refractivity contribution in [3.63, 3.8) is 0 Å². The highest BCUT2D eigenvalue weighted by Gasteiger charge is 2.42. The van der Waals surface area contributed by atoms with E-state index in [1.807, 2.05) is 19.1 Å². The van der Waals surface area contributed by atoms with E-state index in [4.69, 9.17) is 14.2 Å². The Hall–Kier alpha value is -4.14. The number of carbonyl (C=O) groups excluding carboxylic acids is 1. The summed E-state index contributed by atoms with van der Waals surface area (Å²) in [6, 6.07) is 14.3. The van der Waals surface area contributed by atoms with E-state index in [9.17, 15) is 13.6 Å². The molecule has 3 aromatic carbocycles. The largest absolute Gasteiger partial charge is 0.496 e. The van der Waals surface area contributed by atoms with Gasteiger partial charge in [0.2, 0.25) is 0 Å². The Morgan fingerprint density at radius 2 is 1.74 bits per heavy atom. The van der Waals surface area contributed by atoms with Crippen LogP contribution in [-0.4, -0.2) is 33.3 Å². The van der Waals surface area contributed by atoms with Crippen LogP contribution >= 0.6 is 0 Å². The predicted octanol–water partition coefficient (Wildman–Crippen LogP) is 4.26. The lowest BCUT2D eigenvalue weighted by Gasteiger charge is -2.27. The minimum Gasteiger partial charge on any atom is -0.496 e. The summed E-state index contributed by atoms with van der Waals surface area (Å²) in [5.41, 5.74) is 3.39. The van der Waals surface area contributed by atoms with Gasteiger partial charge in [0.25, 0.3) is 0 Å². The van der Waals surface area contributed by atoms with Crippen LogP contribution in [0.5, 0.6) is 11.5 Å². The number of benzene rings is 3. The molecule has 1 heterocycles. The lowest BCUT2D eigenvalue weighted by molar-refractivity contribution is -0.132. The Balaban J connectivity index is 1.90. The first-order valence-corrected chi connectivity index (χ1v) is 10.3. The molecule has 7 nitrogen and oxygen atoms in total. The number of rotatable bonds is 7. The van der Waals surface area contributed by atoms with Gasteiger partial charge in [-0.05, 0) is 53.9 Å². The maximum Gasteiger partial charge on any atom is 0.320 e. The molecule has 176 valence electrons. The van der Waals surface area contributed by atoms with Crippen LogP contribution in [-0.2, 0) is 19.9 Å². The molecule has 3 aromatic rings. The number of aliphatic imine (C=N–C) groups is 1. The van der Waals surface area contributed by atoms with Gasteiger partial charge in [-0.2, -0.15) is 5.48 Å². The number of ether oxygens (including phenoxy) is 3. The van der Waals surface area contributed by atoms with Crippen LogP contribution in [0.4, 0.5) is 8.78 Å². The highest BCUT2D eigenvalue weighted by Crippen LogP contribution is 2.41. The number of nitrogens with zero attached hydrogens (tertiary/aromatic N) is 1. The first kappa shape index (κ1) is 23.0. The third-order valence-electron chi connectivity index (χ3n) is 5.69. The molecule has 4 rings (SSSR count). The molecule has 0 radical (unpaired) electrons. The maximum absolute atomic E-state index is 15.0. The lowest BCUT2D eigenvalue weighted by atomic mass is 9.82. The number of hydrogen-bond donors (Lipinski definition) is 1. The van der Waals surface area contributed by atoms with E-state index in [2.05, 4.69) is 15.3 Å². The van der Waals surface area contributed by atoms with E-state index in [0.717, 1.165) is 11.1 Å². The van der Waals surface area contributed by atoms with Crippen molar-refractivity contribution in [2.24, 2.45) is 4.99 Å². The van der Waals surface area contributed by atoms with Crippen molar-refractivity contribution in [1.29, 1.82) is 0 Å². The van der Waals surface area contributed by atoms with Gasteiger partial charge in [0.1, 0.15) is 18.2 Å². The van der Waals surface area contributed by atoms with Crippen LogP contribution in [0.15, 0.2) is 59.6 Å². The number of halogens is 2. The van der Waals surface area contributed by atoms with E-state index < -0.39 is 17.2 Å². The fraction of sp³-hybridized carbons (Fsp3) is 0.200. The second-order valence-corrected chi connectivity index (χ2v) is 7.58. The molecular weight excluding hydrogens is 446 g/mol. The zero-order valence-corrected chi connectivity index (χ0v) is 18.7. The number of amidine groups is 1. The molecule has 0 bridgehead atoms. The van der Waals surface area contributed by atoms with Crippen molar-refractivity contribution in [3.05, 3.63) is 82.9 Å². The zero-order chi connectivity index (χ0) is 24.3. The van der Waals surface area contributed by atoms with Crippen LogP contribution in [0.25, 0.3) is 11.1 Å². The Morgan fingerprint density at radius 3 is 2.44 bits per heavy atom. The average molecular weight is 468 g/mol. The smallest absolute Gasteiger partial charge is 0.320 e. The Labute approximate surface area is 194 Å². The van der Waals surface area contributed by atoms with Gasteiger partial charge in [0.15, 0.2) is 17.1 Å². The Kier molecular flexibility index (Phi) is 6.36. The van der Waals surface area contributed by atoms with Gasteiger partial charge in [0, 0.05) is 11.1 Å². The summed E-state index contributed by atoms with van der Waals surface area (Å²) in [7, 11) is 2.92. The third kappa shape index (κ3) is 4.00. The van der Waals surface area contributed by atoms with Crippen molar-refractivity contribution in [2.75, 3.05) is 20.8 Å². The van der Waals surface area contributed by atoms with Crippen LogP contribution < -0.4 is 15.0 Å². The van der Waals surface area contributed by atoms with Crippen molar-refractivity contribution >= 4 is 12.5 Å². The molecule has 0 aliphatic carbocycles. The molecule has 34 heavy (non-hydrogen) atoms. The number of hydrogen-bond acceptors (Lipinski definition) is 7. The summed E-state index contributed by atoms with van der Waals surface area (Å²) in [5, 5.41) is 0. The van der Waals surface area contributed by atoms with Gasteiger partial charge < -0.3 is 19.0 Å². The van der Waals surface area contributed by atoms with E-state index in [1.165, 1.54) is 31.4 Å². The van der Waals surface area contributed by atoms with Gasteiger partial charge in [-0.1, -0.05) is 24.3 Å². The second-order valence-electron chi connectivity index (χ2n) is 7.58. The predicted molar refractivity (Wildman–Crippen MR) is 121 cm³/mol. The van der Waals surface area contributed by atoms with Crippen molar-refractivity contribution in [3.8, 4) is 22.6 Å². The molecule has 1 N–H and O–H groups in total. The van der Waals surface area contributed by atoms with Crippen LogP contribution in [0.3, 0.4) is 0 Å². The van der Waals surface area contributed by atoms with E-state index in [1.54, 1.807) is 25.3 Å². The number of methoxy groups -OCH3 is 2.